The van der Waals surface area contributed by atoms with Gasteiger partial charge in [0.15, 0.2) is 12.6 Å². The van der Waals surface area contributed by atoms with Crippen LogP contribution < -0.4 is 5.32 Å². The standard InChI is InChI=1S/C68H125NO13/c1-3-5-7-9-11-13-15-17-19-20-21-22-23-24-25-26-27-28-29-30-31-32-33-34-35-36-38-40-42-44-46-48-50-52-60(73)69-56(57(72)51-49-47-45-43-41-39-37-18-16-14-12-10-8-6-4-2)55-79-67-65(78)63(76)66(59(54-71)81-67)82-68-64(77)62(75)61(74)58(53-70)80-68/h15,17,20-21,41,43,49,51,56-59,61-68,70-72,74-78H,3-14,16,18-19,22-40,42,44-48,50,52-55H2,1-2H3,(H,69,73)/b17-15-,21-20-,43-41+,51-49+. The van der Waals surface area contributed by atoms with Crippen molar-refractivity contribution in [2.75, 3.05) is 19.8 Å². The maximum atomic E-state index is 13.3. The van der Waals surface area contributed by atoms with Crippen molar-refractivity contribution >= 4 is 5.91 Å². The van der Waals surface area contributed by atoms with Crippen LogP contribution in [-0.2, 0) is 23.7 Å². The lowest BCUT2D eigenvalue weighted by Crippen LogP contribution is -2.65. The van der Waals surface area contributed by atoms with Crippen LogP contribution in [0, 0.1) is 0 Å². The molecule has 2 rings (SSSR count). The molecule has 12 atom stereocenters. The van der Waals surface area contributed by atoms with Crippen molar-refractivity contribution < 1.29 is 64.6 Å². The molecule has 0 saturated carbocycles. The maximum Gasteiger partial charge on any atom is 0.220 e. The summed E-state index contributed by atoms with van der Waals surface area (Å²) in [6.45, 7) is 2.79. The highest BCUT2D eigenvalue weighted by atomic mass is 16.7. The fraction of sp³-hybridized carbons (Fsp3) is 0.868. The number of aliphatic hydroxyl groups excluding tert-OH is 8. The summed E-state index contributed by atoms with van der Waals surface area (Å²) >= 11 is 0. The van der Waals surface area contributed by atoms with Crippen LogP contribution in [0.2, 0.25) is 0 Å². The highest BCUT2D eigenvalue weighted by molar-refractivity contribution is 5.76. The van der Waals surface area contributed by atoms with Crippen LogP contribution in [0.1, 0.15) is 284 Å². The first-order valence-electron chi connectivity index (χ1n) is 33.9. The Kier molecular flexibility index (Phi) is 49.3. The van der Waals surface area contributed by atoms with Crippen LogP contribution >= 0.6 is 0 Å². The molecule has 0 aliphatic carbocycles. The molecule has 0 bridgehead atoms. The van der Waals surface area contributed by atoms with E-state index in [1.807, 2.05) is 6.08 Å². The molecule has 0 spiro atoms. The molecule has 9 N–H and O–H groups in total. The van der Waals surface area contributed by atoms with E-state index in [1.165, 1.54) is 212 Å². The summed E-state index contributed by atoms with van der Waals surface area (Å²) in [4.78, 5) is 13.3. The molecule has 0 radical (unpaired) electrons. The largest absolute Gasteiger partial charge is 0.394 e. The smallest absolute Gasteiger partial charge is 0.220 e. The number of nitrogens with one attached hydrogen (secondary N) is 1. The van der Waals surface area contributed by atoms with Crippen LogP contribution in [0.5, 0.6) is 0 Å². The first-order chi connectivity index (χ1) is 40.1. The van der Waals surface area contributed by atoms with E-state index < -0.39 is 86.8 Å². The van der Waals surface area contributed by atoms with Crippen LogP contribution in [0.25, 0.3) is 0 Å². The summed E-state index contributed by atoms with van der Waals surface area (Å²) in [7, 11) is 0. The number of allylic oxidation sites excluding steroid dienone is 7. The van der Waals surface area contributed by atoms with Gasteiger partial charge in [0.1, 0.15) is 48.8 Å². The van der Waals surface area contributed by atoms with E-state index in [2.05, 4.69) is 55.6 Å². The number of carbonyl (C=O) groups is 1. The van der Waals surface area contributed by atoms with E-state index in [1.54, 1.807) is 6.08 Å². The Morgan fingerprint density at radius 1 is 0.439 bits per heavy atom. The molecule has 2 heterocycles. The highest BCUT2D eigenvalue weighted by Crippen LogP contribution is 2.30. The number of ether oxygens (including phenoxy) is 4. The number of hydrogen-bond acceptors (Lipinski definition) is 13. The van der Waals surface area contributed by atoms with Crippen molar-refractivity contribution in [1.29, 1.82) is 0 Å². The third-order valence-corrected chi connectivity index (χ3v) is 16.5. The Labute approximate surface area is 499 Å². The molecular formula is C68H125NO13. The van der Waals surface area contributed by atoms with Gasteiger partial charge in [-0.15, -0.1) is 0 Å². The molecular weight excluding hydrogens is 1040 g/mol. The Bertz CT molecular complexity index is 1560. The molecule has 1 amide bonds. The lowest BCUT2D eigenvalue weighted by molar-refractivity contribution is -0.359. The Hall–Kier alpha value is -2.05. The molecule has 2 aliphatic rings. The predicted molar refractivity (Wildman–Crippen MR) is 332 cm³/mol. The minimum absolute atomic E-state index is 0.246. The molecule has 0 aromatic rings. The van der Waals surface area contributed by atoms with E-state index in [-0.39, 0.29) is 18.9 Å². The zero-order chi connectivity index (χ0) is 59.5. The number of aliphatic hydroxyl groups is 8. The van der Waals surface area contributed by atoms with Gasteiger partial charge in [-0.2, -0.15) is 0 Å². The molecule has 82 heavy (non-hydrogen) atoms. The van der Waals surface area contributed by atoms with Crippen LogP contribution in [-0.4, -0.2) is 140 Å². The zero-order valence-corrected chi connectivity index (χ0v) is 52.0. The van der Waals surface area contributed by atoms with E-state index >= 15 is 0 Å². The van der Waals surface area contributed by atoms with Gasteiger partial charge >= 0.3 is 0 Å². The summed E-state index contributed by atoms with van der Waals surface area (Å²) in [5.74, 6) is -0.246. The average Bonchev–Trinajstić information content (AvgIpc) is 3.60. The van der Waals surface area contributed by atoms with Crippen LogP contribution in [0.4, 0.5) is 0 Å². The Morgan fingerprint density at radius 2 is 0.817 bits per heavy atom. The van der Waals surface area contributed by atoms with Crippen molar-refractivity contribution in [3.05, 3.63) is 48.6 Å². The summed E-state index contributed by atoms with van der Waals surface area (Å²) < 4.78 is 22.8. The molecule has 0 aromatic carbocycles. The minimum Gasteiger partial charge on any atom is -0.394 e. The van der Waals surface area contributed by atoms with Gasteiger partial charge < -0.3 is 65.1 Å². The second kappa shape index (κ2) is 53.2. The third kappa shape index (κ3) is 37.5. The maximum absolute atomic E-state index is 13.3. The van der Waals surface area contributed by atoms with Crippen molar-refractivity contribution in [2.45, 2.75) is 357 Å². The van der Waals surface area contributed by atoms with Crippen molar-refractivity contribution in [3.8, 4) is 0 Å². The van der Waals surface area contributed by atoms with E-state index in [0.29, 0.717) is 12.8 Å². The zero-order valence-electron chi connectivity index (χ0n) is 52.0. The summed E-state index contributed by atoms with van der Waals surface area (Å²) in [5.41, 5.74) is 0. The van der Waals surface area contributed by atoms with Gasteiger partial charge in [0, 0.05) is 6.42 Å². The molecule has 480 valence electrons. The molecule has 2 saturated heterocycles. The van der Waals surface area contributed by atoms with E-state index in [4.69, 9.17) is 18.9 Å². The summed E-state index contributed by atoms with van der Waals surface area (Å²) in [6.07, 6.45) is 51.8. The highest BCUT2D eigenvalue weighted by Gasteiger charge is 2.51. The fourth-order valence-electron chi connectivity index (χ4n) is 11.0. The van der Waals surface area contributed by atoms with E-state index in [0.717, 1.165) is 38.5 Å². The van der Waals surface area contributed by atoms with Gasteiger partial charge in [-0.1, -0.05) is 262 Å². The van der Waals surface area contributed by atoms with Gasteiger partial charge in [0.2, 0.25) is 5.91 Å². The summed E-state index contributed by atoms with van der Waals surface area (Å²) in [6, 6.07) is -0.930. The van der Waals surface area contributed by atoms with Crippen molar-refractivity contribution in [1.82, 2.24) is 5.32 Å². The lowest BCUT2D eigenvalue weighted by atomic mass is 9.97. The Morgan fingerprint density at radius 3 is 1.27 bits per heavy atom. The lowest BCUT2D eigenvalue weighted by Gasteiger charge is -2.46. The van der Waals surface area contributed by atoms with Gasteiger partial charge in [-0.25, -0.2) is 0 Å². The van der Waals surface area contributed by atoms with Crippen molar-refractivity contribution in [2.24, 2.45) is 0 Å². The fourth-order valence-corrected chi connectivity index (χ4v) is 11.0. The minimum atomic E-state index is -1.79. The molecule has 14 heteroatoms. The normalized spacial score (nSPS) is 24.2. The molecule has 2 aliphatic heterocycles. The number of amides is 1. The molecule has 12 unspecified atom stereocenters. The number of carbonyl (C=O) groups excluding carboxylic acids is 1. The van der Waals surface area contributed by atoms with Gasteiger partial charge in [-0.05, 0) is 64.2 Å². The van der Waals surface area contributed by atoms with Crippen molar-refractivity contribution in [3.63, 3.8) is 0 Å². The molecule has 0 aromatic heterocycles. The van der Waals surface area contributed by atoms with E-state index in [9.17, 15) is 45.6 Å². The Balaban J connectivity index is 1.63. The number of hydrogen-bond donors (Lipinski definition) is 9. The van der Waals surface area contributed by atoms with Gasteiger partial charge in [-0.3, -0.25) is 4.79 Å². The predicted octanol–water partition coefficient (Wildman–Crippen LogP) is 13.1. The first-order valence-corrected chi connectivity index (χ1v) is 33.9. The van der Waals surface area contributed by atoms with Gasteiger partial charge in [0.25, 0.3) is 0 Å². The average molecular weight is 1160 g/mol. The first kappa shape index (κ1) is 76.0. The third-order valence-electron chi connectivity index (χ3n) is 16.5. The second-order valence-corrected chi connectivity index (χ2v) is 23.9. The number of unbranched alkanes of at least 4 members (excludes halogenated alkanes) is 36. The number of rotatable bonds is 55. The molecule has 2 fully saturated rings. The second-order valence-electron chi connectivity index (χ2n) is 23.9. The van der Waals surface area contributed by atoms with Gasteiger partial charge in [0.05, 0.1) is 32.0 Å². The monoisotopic (exact) mass is 1160 g/mol. The molecule has 14 nitrogen and oxygen atoms in total. The van der Waals surface area contributed by atoms with Crippen LogP contribution in [0.15, 0.2) is 48.6 Å². The van der Waals surface area contributed by atoms with Crippen LogP contribution in [0.3, 0.4) is 0 Å². The SMILES string of the molecule is CCCCCCC/C=C\C/C=C\CCCCCCCCCCCCCCCCCCCCCCCC(=O)NC(COC1OC(CO)C(OC2OC(CO)C(O)C(O)C2O)C(O)C1O)C(O)/C=C/CC/C=C/CCCCCCCCCCC. The topological polar surface area (TPSA) is 228 Å². The summed E-state index contributed by atoms with van der Waals surface area (Å²) in [5, 5.41) is 87.2. The quantitative estimate of drug-likeness (QED) is 0.0204.